The van der Waals surface area contributed by atoms with Crippen molar-refractivity contribution >= 4 is 23.2 Å². The predicted octanol–water partition coefficient (Wildman–Crippen LogP) is 2.99. The molecule has 2 rings (SSSR count). The molecule has 1 atom stereocenters. The Morgan fingerprint density at radius 3 is 2.87 bits per heavy atom. The highest BCUT2D eigenvalue weighted by molar-refractivity contribution is 6.33. The molecular formula is C17H26ClN3O2. The van der Waals surface area contributed by atoms with Crippen molar-refractivity contribution in [2.75, 3.05) is 39.1 Å². The summed E-state index contributed by atoms with van der Waals surface area (Å²) in [6.45, 7) is 5.17. The summed E-state index contributed by atoms with van der Waals surface area (Å²) < 4.78 is 5.35. The van der Waals surface area contributed by atoms with Gasteiger partial charge in [-0.2, -0.15) is 0 Å². The number of hydrogen-bond donors (Lipinski definition) is 2. The van der Waals surface area contributed by atoms with Crippen LogP contribution < -0.4 is 15.4 Å². The minimum Gasteiger partial charge on any atom is -0.496 e. The van der Waals surface area contributed by atoms with E-state index in [1.807, 2.05) is 0 Å². The normalized spacial score (nSPS) is 19.0. The van der Waals surface area contributed by atoms with Crippen molar-refractivity contribution in [2.45, 2.75) is 32.2 Å². The molecule has 1 aliphatic heterocycles. The minimum atomic E-state index is -0.130. The van der Waals surface area contributed by atoms with E-state index in [0.29, 0.717) is 16.3 Å². The zero-order chi connectivity index (χ0) is 16.8. The van der Waals surface area contributed by atoms with E-state index in [-0.39, 0.29) is 11.9 Å². The first-order chi connectivity index (χ1) is 11.1. The quantitative estimate of drug-likeness (QED) is 0.866. The molecule has 128 valence electrons. The fourth-order valence-corrected chi connectivity index (χ4v) is 3.24. The molecule has 6 heteroatoms. The summed E-state index contributed by atoms with van der Waals surface area (Å²) in [5.74, 6) is 0.395. The van der Waals surface area contributed by atoms with Crippen LogP contribution >= 0.6 is 11.6 Å². The summed E-state index contributed by atoms with van der Waals surface area (Å²) in [6, 6.07) is 3.58. The van der Waals surface area contributed by atoms with Gasteiger partial charge in [-0.25, -0.2) is 0 Å². The number of nitrogens with one attached hydrogen (secondary N) is 2. The molecule has 1 fully saturated rings. The first-order valence-corrected chi connectivity index (χ1v) is 8.55. The van der Waals surface area contributed by atoms with Gasteiger partial charge in [0.1, 0.15) is 5.75 Å². The van der Waals surface area contributed by atoms with E-state index in [9.17, 15) is 4.79 Å². The van der Waals surface area contributed by atoms with E-state index in [1.165, 1.54) is 6.42 Å². The molecule has 1 amide bonds. The lowest BCUT2D eigenvalue weighted by Crippen LogP contribution is -2.42. The second-order valence-electron chi connectivity index (χ2n) is 5.84. The van der Waals surface area contributed by atoms with Crippen molar-refractivity contribution in [1.82, 2.24) is 10.2 Å². The molecule has 5 nitrogen and oxygen atoms in total. The Balaban J connectivity index is 2.15. The molecule has 0 unspecified atom stereocenters. The van der Waals surface area contributed by atoms with Crippen molar-refractivity contribution in [3.8, 4) is 5.75 Å². The van der Waals surface area contributed by atoms with Gasteiger partial charge in [-0.05, 0) is 32.0 Å². The van der Waals surface area contributed by atoms with Crippen LogP contribution in [0.4, 0.5) is 5.69 Å². The van der Waals surface area contributed by atoms with Crippen LogP contribution in [0.1, 0.15) is 36.5 Å². The fourth-order valence-electron chi connectivity index (χ4n) is 2.98. The molecule has 1 aromatic rings. The first kappa shape index (κ1) is 17.9. The molecule has 1 aliphatic rings. The number of nitrogens with zero attached hydrogens (tertiary/aromatic N) is 1. The number of amides is 1. The molecule has 1 saturated heterocycles. The number of ether oxygens (including phenoxy) is 1. The second-order valence-corrected chi connectivity index (χ2v) is 6.25. The minimum absolute atomic E-state index is 0.130. The standard InChI is InChI=1S/C17H26ClN3O2/c1-4-21-8-6-5-7-12(11-21)20-17(22)13-9-14(18)15(19-2)10-16(13)23-3/h9-10,12,19H,4-8,11H2,1-3H3,(H,20,22)/t12-/m0/s1. The number of benzene rings is 1. The number of halogens is 1. The summed E-state index contributed by atoms with van der Waals surface area (Å²) in [6.07, 6.45) is 3.33. The van der Waals surface area contributed by atoms with Gasteiger partial charge in [-0.15, -0.1) is 0 Å². The molecule has 2 N–H and O–H groups in total. The Kier molecular flexibility index (Phi) is 6.54. The number of rotatable bonds is 5. The molecular weight excluding hydrogens is 314 g/mol. The van der Waals surface area contributed by atoms with Gasteiger partial charge in [0.25, 0.3) is 5.91 Å². The highest BCUT2D eigenvalue weighted by atomic mass is 35.5. The number of likely N-dealkylation sites (N-methyl/N-ethyl adjacent to an activating group) is 1. The topological polar surface area (TPSA) is 53.6 Å². The number of hydrogen-bond acceptors (Lipinski definition) is 4. The van der Waals surface area contributed by atoms with Crippen LogP contribution in [0.15, 0.2) is 12.1 Å². The smallest absolute Gasteiger partial charge is 0.255 e. The van der Waals surface area contributed by atoms with E-state index in [1.54, 1.807) is 26.3 Å². The third kappa shape index (κ3) is 4.52. The second kappa shape index (κ2) is 8.41. The average Bonchev–Trinajstić information content (AvgIpc) is 2.79. The number of likely N-dealkylation sites (tertiary alicyclic amines) is 1. The van der Waals surface area contributed by atoms with E-state index < -0.39 is 0 Å². The number of carbonyl (C=O) groups is 1. The van der Waals surface area contributed by atoms with Crippen LogP contribution in [-0.4, -0.2) is 50.6 Å². The number of anilines is 1. The van der Waals surface area contributed by atoms with Crippen molar-refractivity contribution in [2.24, 2.45) is 0 Å². The highest BCUT2D eigenvalue weighted by Gasteiger charge is 2.22. The first-order valence-electron chi connectivity index (χ1n) is 8.17. The van der Waals surface area contributed by atoms with Crippen molar-refractivity contribution in [3.63, 3.8) is 0 Å². The van der Waals surface area contributed by atoms with Gasteiger partial charge >= 0.3 is 0 Å². The summed E-state index contributed by atoms with van der Waals surface area (Å²) >= 11 is 6.21. The largest absolute Gasteiger partial charge is 0.496 e. The van der Waals surface area contributed by atoms with Crippen LogP contribution in [0.2, 0.25) is 5.02 Å². The maximum atomic E-state index is 12.7. The van der Waals surface area contributed by atoms with Crippen LogP contribution in [0, 0.1) is 0 Å². The SMILES string of the molecule is CCN1CCCC[C@H](NC(=O)c2cc(Cl)c(NC)cc2OC)C1. The Labute approximate surface area is 143 Å². The average molecular weight is 340 g/mol. The van der Waals surface area contributed by atoms with Crippen LogP contribution in [0.3, 0.4) is 0 Å². The predicted molar refractivity (Wildman–Crippen MR) is 94.8 cm³/mol. The summed E-state index contributed by atoms with van der Waals surface area (Å²) in [5.41, 5.74) is 1.22. The molecule has 1 heterocycles. The van der Waals surface area contributed by atoms with E-state index in [4.69, 9.17) is 16.3 Å². The molecule has 0 aromatic heterocycles. The zero-order valence-corrected chi connectivity index (χ0v) is 14.9. The van der Waals surface area contributed by atoms with Crippen LogP contribution in [-0.2, 0) is 0 Å². The molecule has 0 aliphatic carbocycles. The van der Waals surface area contributed by atoms with Gasteiger partial charge in [0.05, 0.1) is 23.4 Å². The Morgan fingerprint density at radius 1 is 1.43 bits per heavy atom. The summed E-state index contributed by atoms with van der Waals surface area (Å²) in [7, 11) is 3.34. The van der Waals surface area contributed by atoms with Crippen LogP contribution in [0.25, 0.3) is 0 Å². The van der Waals surface area contributed by atoms with Crippen molar-refractivity contribution in [3.05, 3.63) is 22.7 Å². The van der Waals surface area contributed by atoms with E-state index in [2.05, 4.69) is 22.5 Å². The van der Waals surface area contributed by atoms with Gasteiger partial charge in [0.15, 0.2) is 0 Å². The number of methoxy groups -OCH3 is 1. The van der Waals surface area contributed by atoms with Crippen molar-refractivity contribution in [1.29, 1.82) is 0 Å². The Morgan fingerprint density at radius 2 is 2.22 bits per heavy atom. The fraction of sp³-hybridized carbons (Fsp3) is 0.588. The number of carbonyl (C=O) groups excluding carboxylic acids is 1. The summed E-state index contributed by atoms with van der Waals surface area (Å²) in [5, 5.41) is 6.64. The Bertz CT molecular complexity index is 551. The highest BCUT2D eigenvalue weighted by Crippen LogP contribution is 2.30. The van der Waals surface area contributed by atoms with E-state index in [0.717, 1.165) is 38.2 Å². The molecule has 0 radical (unpaired) electrons. The molecule has 0 bridgehead atoms. The third-order valence-corrected chi connectivity index (χ3v) is 4.65. The van der Waals surface area contributed by atoms with Crippen molar-refractivity contribution < 1.29 is 9.53 Å². The monoisotopic (exact) mass is 339 g/mol. The maximum Gasteiger partial charge on any atom is 0.255 e. The molecule has 1 aromatic carbocycles. The van der Waals surface area contributed by atoms with Gasteiger partial charge in [0.2, 0.25) is 0 Å². The van der Waals surface area contributed by atoms with Gasteiger partial charge < -0.3 is 20.3 Å². The van der Waals surface area contributed by atoms with Gasteiger partial charge in [0, 0.05) is 25.7 Å². The summed E-state index contributed by atoms with van der Waals surface area (Å²) in [4.78, 5) is 15.0. The van der Waals surface area contributed by atoms with E-state index >= 15 is 0 Å². The van der Waals surface area contributed by atoms with Gasteiger partial charge in [-0.3, -0.25) is 4.79 Å². The lowest BCUT2D eigenvalue weighted by Gasteiger charge is -2.24. The molecule has 23 heavy (non-hydrogen) atoms. The molecule has 0 saturated carbocycles. The Hall–Kier alpha value is -1.46. The van der Waals surface area contributed by atoms with Crippen LogP contribution in [0.5, 0.6) is 5.75 Å². The third-order valence-electron chi connectivity index (χ3n) is 4.34. The maximum absolute atomic E-state index is 12.7. The lowest BCUT2D eigenvalue weighted by molar-refractivity contribution is 0.0924. The molecule has 0 spiro atoms. The lowest BCUT2D eigenvalue weighted by atomic mass is 10.1. The van der Waals surface area contributed by atoms with Gasteiger partial charge in [-0.1, -0.05) is 24.9 Å². The zero-order valence-electron chi connectivity index (χ0n) is 14.1.